The van der Waals surface area contributed by atoms with Crippen LogP contribution in [0.5, 0.6) is 0 Å². The molecular weight excluding hydrogens is 388 g/mol. The zero-order chi connectivity index (χ0) is 22.5. The van der Waals surface area contributed by atoms with Gasteiger partial charge in [-0.05, 0) is 77.1 Å². The minimum atomic E-state index is -0.150. The molecule has 1 aliphatic rings. The molecule has 0 amide bonds. The van der Waals surface area contributed by atoms with Crippen molar-refractivity contribution in [3.63, 3.8) is 0 Å². The maximum Gasteiger partial charge on any atom is 0.0998 e. The van der Waals surface area contributed by atoms with E-state index in [0.29, 0.717) is 0 Å². The van der Waals surface area contributed by atoms with E-state index in [4.69, 9.17) is 0 Å². The topological polar surface area (TPSA) is 35.8 Å². The molecule has 4 aromatic carbocycles. The summed E-state index contributed by atoms with van der Waals surface area (Å²) < 4.78 is 0. The molecule has 0 unspecified atom stereocenters. The van der Waals surface area contributed by atoms with E-state index in [-0.39, 0.29) is 5.41 Å². The van der Waals surface area contributed by atoms with Crippen LogP contribution in [0, 0.1) is 25.2 Å². The molecule has 32 heavy (non-hydrogen) atoms. The first-order chi connectivity index (χ1) is 15.4. The van der Waals surface area contributed by atoms with Crippen molar-refractivity contribution in [1.29, 1.82) is 5.26 Å². The number of nitrogens with one attached hydrogen (secondary N) is 1. The standard InChI is InChI=1S/C30H26N2/c1-19-13-14-22(21-9-6-5-7-10-21)16-27(19)32-28-17-26-24(15-20(28)2)29-23(18-31)11-8-12-25(29)30(26,3)4/h5-17,32H,1-4H3. The molecule has 0 atom stereocenters. The smallest absolute Gasteiger partial charge is 0.0998 e. The zero-order valence-electron chi connectivity index (χ0n) is 19.0. The Kier molecular flexibility index (Phi) is 4.64. The normalized spacial score (nSPS) is 13.2. The van der Waals surface area contributed by atoms with E-state index >= 15 is 0 Å². The van der Waals surface area contributed by atoms with Crippen LogP contribution < -0.4 is 5.32 Å². The third-order valence-corrected chi connectivity index (χ3v) is 6.78. The van der Waals surface area contributed by atoms with Crippen LogP contribution in [0.1, 0.15) is 41.7 Å². The highest BCUT2D eigenvalue weighted by molar-refractivity contribution is 5.87. The largest absolute Gasteiger partial charge is 0.355 e. The molecule has 1 N–H and O–H groups in total. The van der Waals surface area contributed by atoms with E-state index < -0.39 is 0 Å². The maximum absolute atomic E-state index is 9.70. The number of hydrogen-bond acceptors (Lipinski definition) is 2. The summed E-state index contributed by atoms with van der Waals surface area (Å²) in [7, 11) is 0. The summed E-state index contributed by atoms with van der Waals surface area (Å²) in [4.78, 5) is 0. The van der Waals surface area contributed by atoms with Crippen LogP contribution in [0.15, 0.2) is 78.9 Å². The third-order valence-electron chi connectivity index (χ3n) is 6.78. The van der Waals surface area contributed by atoms with Gasteiger partial charge in [-0.15, -0.1) is 0 Å². The highest BCUT2D eigenvalue weighted by Gasteiger charge is 2.37. The second-order valence-electron chi connectivity index (χ2n) is 9.20. The summed E-state index contributed by atoms with van der Waals surface area (Å²) in [6.07, 6.45) is 0. The Morgan fingerprint density at radius 3 is 2.22 bits per heavy atom. The lowest BCUT2D eigenvalue weighted by atomic mass is 9.82. The first kappa shape index (κ1) is 20.1. The second-order valence-corrected chi connectivity index (χ2v) is 9.20. The van der Waals surface area contributed by atoms with Gasteiger partial charge in [0.1, 0.15) is 0 Å². The van der Waals surface area contributed by atoms with Gasteiger partial charge in [0.15, 0.2) is 0 Å². The highest BCUT2D eigenvalue weighted by Crippen LogP contribution is 2.51. The molecule has 0 heterocycles. The predicted molar refractivity (Wildman–Crippen MR) is 133 cm³/mol. The second kappa shape index (κ2) is 7.39. The van der Waals surface area contributed by atoms with Crippen LogP contribution in [0.25, 0.3) is 22.3 Å². The summed E-state index contributed by atoms with van der Waals surface area (Å²) in [5.74, 6) is 0. The number of nitrogens with zero attached hydrogens (tertiary/aromatic N) is 1. The molecule has 156 valence electrons. The Hall–Kier alpha value is -3.83. The molecule has 0 aliphatic heterocycles. The first-order valence-corrected chi connectivity index (χ1v) is 11.0. The maximum atomic E-state index is 9.70. The van der Waals surface area contributed by atoms with Crippen molar-refractivity contribution in [2.45, 2.75) is 33.1 Å². The van der Waals surface area contributed by atoms with Gasteiger partial charge in [0.25, 0.3) is 0 Å². The average Bonchev–Trinajstić information content (AvgIpc) is 3.02. The van der Waals surface area contributed by atoms with Crippen LogP contribution in [-0.2, 0) is 5.41 Å². The van der Waals surface area contributed by atoms with Crippen molar-refractivity contribution in [2.75, 3.05) is 5.32 Å². The lowest BCUT2D eigenvalue weighted by Gasteiger charge is -2.23. The first-order valence-electron chi connectivity index (χ1n) is 11.0. The summed E-state index contributed by atoms with van der Waals surface area (Å²) >= 11 is 0. The SMILES string of the molecule is Cc1ccc(-c2ccccc2)cc1Nc1cc2c(cc1C)-c1c(C#N)cccc1C2(C)C. The third kappa shape index (κ3) is 3.10. The molecular formula is C30H26N2. The van der Waals surface area contributed by atoms with Crippen LogP contribution in [0.3, 0.4) is 0 Å². The van der Waals surface area contributed by atoms with Gasteiger partial charge in [0.05, 0.1) is 11.6 Å². The van der Waals surface area contributed by atoms with Gasteiger partial charge in [-0.25, -0.2) is 0 Å². The summed E-state index contributed by atoms with van der Waals surface area (Å²) in [6, 6.07) is 30.0. The van der Waals surface area contributed by atoms with Gasteiger partial charge < -0.3 is 5.32 Å². The molecule has 0 bridgehead atoms. The summed E-state index contributed by atoms with van der Waals surface area (Å²) in [5, 5.41) is 13.4. The van der Waals surface area contributed by atoms with Crippen LogP contribution >= 0.6 is 0 Å². The van der Waals surface area contributed by atoms with Gasteiger partial charge in [-0.2, -0.15) is 5.26 Å². The number of rotatable bonds is 3. The van der Waals surface area contributed by atoms with Crippen molar-refractivity contribution in [3.05, 3.63) is 107 Å². The van der Waals surface area contributed by atoms with Gasteiger partial charge in [-0.1, -0.05) is 68.4 Å². The molecule has 1 aliphatic carbocycles. The van der Waals surface area contributed by atoms with E-state index in [0.717, 1.165) is 22.5 Å². The van der Waals surface area contributed by atoms with E-state index in [1.807, 2.05) is 18.2 Å². The Morgan fingerprint density at radius 1 is 0.719 bits per heavy atom. The lowest BCUT2D eigenvalue weighted by Crippen LogP contribution is -2.15. The molecule has 2 nitrogen and oxygen atoms in total. The van der Waals surface area contributed by atoms with Gasteiger partial charge in [0.2, 0.25) is 0 Å². The summed E-state index contributed by atoms with van der Waals surface area (Å²) in [6.45, 7) is 8.77. The van der Waals surface area contributed by atoms with Gasteiger partial charge in [-0.3, -0.25) is 0 Å². The number of nitriles is 1. The zero-order valence-corrected chi connectivity index (χ0v) is 19.0. The molecule has 0 radical (unpaired) electrons. The highest BCUT2D eigenvalue weighted by atomic mass is 14.9. The van der Waals surface area contributed by atoms with E-state index in [2.05, 4.69) is 99.7 Å². The number of benzene rings is 4. The number of fused-ring (bicyclic) bond motifs is 3. The van der Waals surface area contributed by atoms with E-state index in [9.17, 15) is 5.26 Å². The average molecular weight is 415 g/mol. The molecule has 0 spiro atoms. The van der Waals surface area contributed by atoms with Crippen LogP contribution in [0.2, 0.25) is 0 Å². The fraction of sp³-hybridized carbons (Fsp3) is 0.167. The number of anilines is 2. The Morgan fingerprint density at radius 2 is 1.47 bits per heavy atom. The molecule has 4 aromatic rings. The van der Waals surface area contributed by atoms with Crippen molar-refractivity contribution in [2.24, 2.45) is 0 Å². The van der Waals surface area contributed by atoms with Crippen molar-refractivity contribution >= 4 is 11.4 Å². The van der Waals surface area contributed by atoms with Crippen LogP contribution in [-0.4, -0.2) is 0 Å². The Labute approximate surface area is 190 Å². The van der Waals surface area contributed by atoms with Gasteiger partial charge >= 0.3 is 0 Å². The predicted octanol–water partition coefficient (Wildman–Crippen LogP) is 7.89. The Balaban J connectivity index is 1.60. The molecule has 5 rings (SSSR count). The Bertz CT molecular complexity index is 1390. The monoisotopic (exact) mass is 414 g/mol. The number of aryl methyl sites for hydroxylation is 2. The molecule has 0 saturated carbocycles. The van der Waals surface area contributed by atoms with Crippen molar-refractivity contribution in [1.82, 2.24) is 0 Å². The lowest BCUT2D eigenvalue weighted by molar-refractivity contribution is 0.660. The number of hydrogen-bond donors (Lipinski definition) is 1. The van der Waals surface area contributed by atoms with E-state index in [1.165, 1.54) is 38.9 Å². The van der Waals surface area contributed by atoms with Gasteiger partial charge in [0, 0.05) is 22.4 Å². The fourth-order valence-electron chi connectivity index (χ4n) is 4.88. The van der Waals surface area contributed by atoms with Crippen LogP contribution in [0.4, 0.5) is 11.4 Å². The quantitative estimate of drug-likeness (QED) is 0.370. The fourth-order valence-corrected chi connectivity index (χ4v) is 4.88. The minimum Gasteiger partial charge on any atom is -0.355 e. The molecule has 0 fully saturated rings. The molecule has 0 saturated heterocycles. The van der Waals surface area contributed by atoms with E-state index in [1.54, 1.807) is 0 Å². The summed E-state index contributed by atoms with van der Waals surface area (Å²) in [5.41, 5.74) is 12.4. The molecule has 2 heteroatoms. The van der Waals surface area contributed by atoms with Crippen molar-refractivity contribution < 1.29 is 0 Å². The minimum absolute atomic E-state index is 0.150. The molecule has 0 aromatic heterocycles. The van der Waals surface area contributed by atoms with Crippen molar-refractivity contribution in [3.8, 4) is 28.3 Å².